The minimum Gasteiger partial charge on any atom is -0.389 e. The lowest BCUT2D eigenvalue weighted by molar-refractivity contribution is -0.0168. The average molecular weight is 313 g/mol. The van der Waals surface area contributed by atoms with E-state index in [1.165, 1.54) is 15.3 Å². The molecule has 0 radical (unpaired) electrons. The molecule has 0 bridgehead atoms. The van der Waals surface area contributed by atoms with Gasteiger partial charge in [0, 0.05) is 28.9 Å². The van der Waals surface area contributed by atoms with Crippen molar-refractivity contribution in [1.82, 2.24) is 5.32 Å². The molecule has 1 aliphatic rings. The Hall–Kier alpha value is -0.460. The zero-order valence-electron chi connectivity index (χ0n) is 13.2. The third-order valence-electron chi connectivity index (χ3n) is 3.84. The van der Waals surface area contributed by atoms with Crippen LogP contribution in [-0.4, -0.2) is 43.7 Å². The highest BCUT2D eigenvalue weighted by atomic mass is 32.1. The van der Waals surface area contributed by atoms with E-state index in [4.69, 9.17) is 9.47 Å². The van der Waals surface area contributed by atoms with Gasteiger partial charge in [-0.2, -0.15) is 0 Å². The fourth-order valence-corrected chi connectivity index (χ4v) is 3.70. The van der Waals surface area contributed by atoms with Gasteiger partial charge in [-0.15, -0.1) is 11.3 Å². The fraction of sp³-hybridized carbons (Fsp3) is 0.750. The van der Waals surface area contributed by atoms with Gasteiger partial charge in [0.25, 0.3) is 0 Å². The van der Waals surface area contributed by atoms with Gasteiger partial charge in [-0.25, -0.2) is 0 Å². The maximum absolute atomic E-state index is 9.97. The Morgan fingerprint density at radius 3 is 2.95 bits per heavy atom. The molecule has 1 aromatic rings. The van der Waals surface area contributed by atoms with Crippen molar-refractivity contribution in [3.05, 3.63) is 21.4 Å². The van der Waals surface area contributed by atoms with E-state index in [1.807, 2.05) is 11.3 Å². The summed E-state index contributed by atoms with van der Waals surface area (Å²) >= 11 is 1.82. The predicted octanol–water partition coefficient (Wildman–Crippen LogP) is 2.57. The molecule has 2 N–H and O–H groups in total. The first-order valence-corrected chi connectivity index (χ1v) is 8.55. The van der Waals surface area contributed by atoms with Crippen LogP contribution in [0.5, 0.6) is 0 Å². The Kier molecular flexibility index (Phi) is 6.64. The molecule has 21 heavy (non-hydrogen) atoms. The summed E-state index contributed by atoms with van der Waals surface area (Å²) in [4.78, 5) is 2.67. The molecule has 4 nitrogen and oxygen atoms in total. The number of nitrogens with one attached hydrogen (secondary N) is 1. The fourth-order valence-electron chi connectivity index (χ4n) is 2.67. The molecule has 3 atom stereocenters. The summed E-state index contributed by atoms with van der Waals surface area (Å²) in [6, 6.07) is 2.47. The van der Waals surface area contributed by atoms with Gasteiger partial charge in [0.15, 0.2) is 0 Å². The molecular formula is C16H27NO3S. The molecule has 0 aromatic carbocycles. The number of ether oxygens (including phenoxy) is 2. The average Bonchev–Trinajstić information content (AvgIpc) is 3.06. The highest BCUT2D eigenvalue weighted by Gasteiger charge is 2.17. The van der Waals surface area contributed by atoms with Crippen LogP contribution in [0.2, 0.25) is 0 Å². The van der Waals surface area contributed by atoms with E-state index in [0.29, 0.717) is 19.8 Å². The van der Waals surface area contributed by atoms with Gasteiger partial charge in [0.05, 0.1) is 25.4 Å². The van der Waals surface area contributed by atoms with E-state index in [-0.39, 0.29) is 12.1 Å². The molecule has 0 spiro atoms. The number of aliphatic hydroxyl groups excluding tert-OH is 1. The van der Waals surface area contributed by atoms with E-state index < -0.39 is 6.10 Å². The molecule has 1 fully saturated rings. The van der Waals surface area contributed by atoms with Crippen LogP contribution in [0.1, 0.15) is 41.1 Å². The SMILES string of the molecule is Cc1cc(C(C)NCC(O)COCC2CCCO2)c(C)s1. The zero-order chi connectivity index (χ0) is 15.2. The predicted molar refractivity (Wildman–Crippen MR) is 86.0 cm³/mol. The minimum atomic E-state index is -0.478. The van der Waals surface area contributed by atoms with E-state index in [0.717, 1.165) is 19.4 Å². The molecule has 0 amide bonds. The van der Waals surface area contributed by atoms with Gasteiger partial charge in [-0.3, -0.25) is 0 Å². The van der Waals surface area contributed by atoms with Gasteiger partial charge >= 0.3 is 0 Å². The summed E-state index contributed by atoms with van der Waals surface area (Å²) < 4.78 is 11.0. The first-order valence-electron chi connectivity index (χ1n) is 7.74. The Morgan fingerprint density at radius 1 is 1.52 bits per heavy atom. The summed E-state index contributed by atoms with van der Waals surface area (Å²) in [7, 11) is 0. The molecule has 2 heterocycles. The molecule has 1 aliphatic heterocycles. The topological polar surface area (TPSA) is 50.7 Å². The van der Waals surface area contributed by atoms with E-state index in [2.05, 4.69) is 32.2 Å². The third-order valence-corrected chi connectivity index (χ3v) is 4.83. The monoisotopic (exact) mass is 313 g/mol. The van der Waals surface area contributed by atoms with Gasteiger partial charge < -0.3 is 19.9 Å². The standard InChI is InChI=1S/C16H27NO3S/c1-11-7-16(13(3)21-11)12(2)17-8-14(18)9-19-10-15-5-4-6-20-15/h7,12,14-15,17-18H,4-6,8-10H2,1-3H3. The normalized spacial score (nSPS) is 21.6. The van der Waals surface area contributed by atoms with E-state index in [9.17, 15) is 5.11 Å². The Balaban J connectivity index is 1.63. The molecule has 1 saturated heterocycles. The summed E-state index contributed by atoms with van der Waals surface area (Å²) in [6.07, 6.45) is 1.94. The molecular weight excluding hydrogens is 286 g/mol. The van der Waals surface area contributed by atoms with Crippen molar-refractivity contribution in [3.8, 4) is 0 Å². The van der Waals surface area contributed by atoms with Crippen molar-refractivity contribution in [2.24, 2.45) is 0 Å². The molecule has 3 unspecified atom stereocenters. The summed E-state index contributed by atoms with van der Waals surface area (Å²) in [5.74, 6) is 0. The number of rotatable bonds is 8. The molecule has 0 aliphatic carbocycles. The lowest BCUT2D eigenvalue weighted by atomic mass is 10.1. The first kappa shape index (κ1) is 16.9. The van der Waals surface area contributed by atoms with Crippen LogP contribution in [0.3, 0.4) is 0 Å². The molecule has 120 valence electrons. The van der Waals surface area contributed by atoms with Gasteiger partial charge in [-0.1, -0.05) is 0 Å². The van der Waals surface area contributed by atoms with Crippen molar-refractivity contribution in [2.75, 3.05) is 26.4 Å². The van der Waals surface area contributed by atoms with Crippen LogP contribution in [0, 0.1) is 13.8 Å². The number of aliphatic hydroxyl groups is 1. The Morgan fingerprint density at radius 2 is 2.33 bits per heavy atom. The smallest absolute Gasteiger partial charge is 0.0897 e. The van der Waals surface area contributed by atoms with Crippen LogP contribution in [0.25, 0.3) is 0 Å². The van der Waals surface area contributed by atoms with Crippen LogP contribution in [-0.2, 0) is 9.47 Å². The molecule has 0 saturated carbocycles. The van der Waals surface area contributed by atoms with Gasteiger partial charge in [0.1, 0.15) is 0 Å². The van der Waals surface area contributed by atoms with Crippen molar-refractivity contribution < 1.29 is 14.6 Å². The lowest BCUT2D eigenvalue weighted by Gasteiger charge is -2.18. The second-order valence-electron chi connectivity index (χ2n) is 5.82. The summed E-state index contributed by atoms with van der Waals surface area (Å²) in [6.45, 7) is 8.75. The number of aryl methyl sites for hydroxylation is 2. The zero-order valence-corrected chi connectivity index (χ0v) is 14.0. The minimum absolute atomic E-state index is 0.223. The van der Waals surface area contributed by atoms with Crippen LogP contribution >= 0.6 is 11.3 Å². The van der Waals surface area contributed by atoms with Crippen molar-refractivity contribution in [1.29, 1.82) is 0 Å². The summed E-state index contributed by atoms with van der Waals surface area (Å²) in [5, 5.41) is 13.3. The molecule has 1 aromatic heterocycles. The third kappa shape index (κ3) is 5.34. The maximum Gasteiger partial charge on any atom is 0.0897 e. The second-order valence-corrected chi connectivity index (χ2v) is 7.29. The maximum atomic E-state index is 9.97. The largest absolute Gasteiger partial charge is 0.389 e. The van der Waals surface area contributed by atoms with Gasteiger partial charge in [-0.05, 0) is 45.2 Å². The van der Waals surface area contributed by atoms with Crippen LogP contribution in [0.4, 0.5) is 0 Å². The quantitative estimate of drug-likeness (QED) is 0.774. The number of thiophene rings is 1. The van der Waals surface area contributed by atoms with E-state index >= 15 is 0 Å². The van der Waals surface area contributed by atoms with Crippen molar-refractivity contribution in [2.45, 2.75) is 51.9 Å². The van der Waals surface area contributed by atoms with Crippen LogP contribution in [0.15, 0.2) is 6.07 Å². The van der Waals surface area contributed by atoms with Crippen molar-refractivity contribution in [3.63, 3.8) is 0 Å². The molecule has 5 heteroatoms. The summed E-state index contributed by atoms with van der Waals surface area (Å²) in [5.41, 5.74) is 1.32. The van der Waals surface area contributed by atoms with Crippen LogP contribution < -0.4 is 5.32 Å². The molecule has 2 rings (SSSR count). The number of hydrogen-bond acceptors (Lipinski definition) is 5. The Labute approximate surface area is 131 Å². The highest BCUT2D eigenvalue weighted by molar-refractivity contribution is 7.12. The van der Waals surface area contributed by atoms with E-state index in [1.54, 1.807) is 0 Å². The highest BCUT2D eigenvalue weighted by Crippen LogP contribution is 2.25. The first-order chi connectivity index (χ1) is 10.1. The lowest BCUT2D eigenvalue weighted by Crippen LogP contribution is -2.33. The second kappa shape index (κ2) is 8.25. The number of hydrogen-bond donors (Lipinski definition) is 2. The Bertz CT molecular complexity index is 429. The van der Waals surface area contributed by atoms with Crippen molar-refractivity contribution >= 4 is 11.3 Å². The van der Waals surface area contributed by atoms with Gasteiger partial charge in [0.2, 0.25) is 0 Å².